The quantitative estimate of drug-likeness (QED) is 0.120. The van der Waals surface area contributed by atoms with Crippen LogP contribution in [-0.2, 0) is 51.2 Å². The average Bonchev–Trinajstić information content (AvgIpc) is 3.17. The third kappa shape index (κ3) is 16.3. The molecule has 0 spiro atoms. The second-order valence-corrected chi connectivity index (χ2v) is 14.3. The number of amides is 8. The molecule has 0 unspecified atom stereocenters. The fourth-order valence-electron chi connectivity index (χ4n) is 5.87. The Hall–Kier alpha value is -6.04. The smallest absolute Gasteiger partial charge is 0.243 e. The van der Waals surface area contributed by atoms with Gasteiger partial charge in [-0.1, -0.05) is 56.3 Å². The summed E-state index contributed by atoms with van der Waals surface area (Å²) in [6, 6.07) is 8.90. The van der Waals surface area contributed by atoms with Gasteiger partial charge < -0.3 is 53.4 Å². The molecular weight excluding hydrogens is 738 g/mol. The van der Waals surface area contributed by atoms with E-state index in [1.807, 2.05) is 13.8 Å². The van der Waals surface area contributed by atoms with Crippen molar-refractivity contribution in [2.75, 3.05) is 26.2 Å². The molecule has 0 bridgehead atoms. The Balaban J connectivity index is 1.90. The van der Waals surface area contributed by atoms with E-state index in [1.54, 1.807) is 42.5 Å². The number of unbranched alkanes of at least 4 members (excludes halogenated alkanes) is 1. The van der Waals surface area contributed by atoms with Gasteiger partial charge in [0.1, 0.15) is 36.0 Å². The predicted molar refractivity (Wildman–Crippen MR) is 209 cm³/mol. The van der Waals surface area contributed by atoms with Gasteiger partial charge in [0.2, 0.25) is 47.3 Å². The lowest BCUT2D eigenvalue weighted by Crippen LogP contribution is -2.58. The minimum atomic E-state index is -1.25. The molecule has 1 aliphatic rings. The van der Waals surface area contributed by atoms with Crippen LogP contribution in [0, 0.1) is 5.92 Å². The van der Waals surface area contributed by atoms with Crippen LogP contribution in [0.5, 0.6) is 5.75 Å². The summed E-state index contributed by atoms with van der Waals surface area (Å²) >= 11 is 0. The van der Waals surface area contributed by atoms with Crippen molar-refractivity contribution in [1.29, 1.82) is 0 Å². The van der Waals surface area contributed by atoms with Crippen molar-refractivity contribution in [3.05, 3.63) is 65.7 Å². The van der Waals surface area contributed by atoms with Gasteiger partial charge in [0, 0.05) is 12.8 Å². The summed E-state index contributed by atoms with van der Waals surface area (Å²) in [5.41, 5.74) is 6.91. The lowest BCUT2D eigenvalue weighted by atomic mass is 10.0. The number of nitrogens with two attached hydrogens (primary N) is 1. The molecule has 1 aliphatic heterocycles. The van der Waals surface area contributed by atoms with Gasteiger partial charge in [-0.25, -0.2) is 0 Å². The third-order valence-electron chi connectivity index (χ3n) is 8.93. The number of phenolic OH excluding ortho intramolecular Hbond substituents is 1. The number of hydrogen-bond donors (Lipinski definition) is 10. The molecule has 18 heteroatoms. The van der Waals surface area contributed by atoms with Gasteiger partial charge in [-0.05, 0) is 68.3 Å². The van der Waals surface area contributed by atoms with Gasteiger partial charge in [0.15, 0.2) is 0 Å². The zero-order chi connectivity index (χ0) is 41.9. The van der Waals surface area contributed by atoms with Crippen LogP contribution in [0.4, 0.5) is 0 Å². The van der Waals surface area contributed by atoms with E-state index in [0.29, 0.717) is 30.5 Å². The first-order chi connectivity index (χ1) is 27.1. The molecule has 8 amide bonds. The molecule has 57 heavy (non-hydrogen) atoms. The summed E-state index contributed by atoms with van der Waals surface area (Å²) in [6.45, 7) is 3.71. The van der Waals surface area contributed by atoms with Crippen LogP contribution in [0.3, 0.4) is 0 Å². The Labute approximate surface area is 331 Å². The van der Waals surface area contributed by atoms with E-state index in [4.69, 9.17) is 5.73 Å². The first-order valence-corrected chi connectivity index (χ1v) is 19.0. The number of phenols is 1. The fraction of sp³-hybridized carbons (Fsp3) is 0.487. The molecule has 1 saturated heterocycles. The van der Waals surface area contributed by atoms with Crippen molar-refractivity contribution in [2.24, 2.45) is 11.7 Å². The standard InChI is InChI=1S/C39H55N9O9/c1-23(2)17-29-36(54)43-22-33(51)44-24(3)35(53)46-28(11-7-8-16-40)38(56)48-30(19-26-12-14-27(49)15-13-26)37(55)42-20-32(50)41-21-34(52)45-31(39(57)47-29)18-25-9-5-4-6-10-25/h4-6,9-10,12-15,23-24,28-31,49H,7-8,11,16-22,40H2,1-3H3,(H,41,50)(H,42,55)(H,43,54)(H,44,51)(H,45,52)(H,46,53)(H,47,57)(H,48,56)/t24-,28-,29-,30-,31-/m0/s1. The van der Waals surface area contributed by atoms with Crippen LogP contribution in [0.2, 0.25) is 0 Å². The van der Waals surface area contributed by atoms with Crippen molar-refractivity contribution >= 4 is 47.3 Å². The van der Waals surface area contributed by atoms with E-state index >= 15 is 0 Å². The molecule has 0 aliphatic carbocycles. The predicted octanol–water partition coefficient (Wildman–Crippen LogP) is -1.84. The third-order valence-corrected chi connectivity index (χ3v) is 8.93. The van der Waals surface area contributed by atoms with E-state index in [1.165, 1.54) is 19.1 Å². The minimum Gasteiger partial charge on any atom is -0.508 e. The topological polar surface area (TPSA) is 279 Å². The highest BCUT2D eigenvalue weighted by Gasteiger charge is 2.31. The summed E-state index contributed by atoms with van der Waals surface area (Å²) in [6.07, 6.45) is 1.27. The van der Waals surface area contributed by atoms with E-state index in [0.717, 1.165) is 0 Å². The summed E-state index contributed by atoms with van der Waals surface area (Å²) in [4.78, 5) is 106. The van der Waals surface area contributed by atoms with Crippen LogP contribution < -0.4 is 48.3 Å². The van der Waals surface area contributed by atoms with Crippen LogP contribution >= 0.6 is 0 Å². The van der Waals surface area contributed by atoms with Crippen LogP contribution in [0.1, 0.15) is 57.6 Å². The zero-order valence-electron chi connectivity index (χ0n) is 32.5. The summed E-state index contributed by atoms with van der Waals surface area (Å²) in [5, 5.41) is 30.1. The molecule has 1 fully saturated rings. The Bertz CT molecular complexity index is 1710. The highest BCUT2D eigenvalue weighted by Crippen LogP contribution is 2.13. The molecule has 0 saturated carbocycles. The van der Waals surface area contributed by atoms with Crippen molar-refractivity contribution in [2.45, 2.75) is 89.5 Å². The number of nitrogens with one attached hydrogen (secondary N) is 8. The average molecular weight is 794 g/mol. The SMILES string of the molecule is CC(C)C[C@@H]1NC(=O)[C@H](Cc2ccccc2)NC(=O)CNC(=O)CNC(=O)[C@H](Cc2ccc(O)cc2)NC(=O)[C@H](CCCCN)NC(=O)[C@H](C)NC(=O)CNC1=O. The van der Waals surface area contributed by atoms with E-state index in [9.17, 15) is 43.5 Å². The molecule has 11 N–H and O–H groups in total. The minimum absolute atomic E-state index is 0.0183. The second kappa shape index (κ2) is 23.1. The Morgan fingerprint density at radius 1 is 0.579 bits per heavy atom. The van der Waals surface area contributed by atoms with E-state index in [2.05, 4.69) is 42.5 Å². The van der Waals surface area contributed by atoms with Gasteiger partial charge >= 0.3 is 0 Å². The van der Waals surface area contributed by atoms with Crippen LogP contribution in [0.15, 0.2) is 54.6 Å². The summed E-state index contributed by atoms with van der Waals surface area (Å²) in [7, 11) is 0. The van der Waals surface area contributed by atoms with Crippen molar-refractivity contribution in [3.8, 4) is 5.75 Å². The Morgan fingerprint density at radius 2 is 1.09 bits per heavy atom. The van der Waals surface area contributed by atoms with Crippen LogP contribution in [0.25, 0.3) is 0 Å². The maximum Gasteiger partial charge on any atom is 0.243 e. The molecule has 1 heterocycles. The maximum atomic E-state index is 13.7. The Kier molecular flexibility index (Phi) is 18.4. The lowest BCUT2D eigenvalue weighted by Gasteiger charge is -2.25. The summed E-state index contributed by atoms with van der Waals surface area (Å²) in [5.74, 6) is -5.82. The van der Waals surface area contributed by atoms with Gasteiger partial charge in [-0.2, -0.15) is 0 Å². The number of rotatable bonds is 10. The fourth-order valence-corrected chi connectivity index (χ4v) is 5.87. The van der Waals surface area contributed by atoms with Gasteiger partial charge in [-0.3, -0.25) is 38.4 Å². The molecule has 2 aromatic rings. The molecule has 5 atom stereocenters. The first kappa shape index (κ1) is 45.4. The lowest BCUT2D eigenvalue weighted by molar-refractivity contribution is -0.134. The van der Waals surface area contributed by atoms with E-state index in [-0.39, 0.29) is 37.4 Å². The van der Waals surface area contributed by atoms with Crippen molar-refractivity contribution in [1.82, 2.24) is 42.5 Å². The maximum absolute atomic E-state index is 13.7. The van der Waals surface area contributed by atoms with Crippen LogP contribution in [-0.4, -0.2) is 109 Å². The normalized spacial score (nSPS) is 22.7. The molecule has 0 radical (unpaired) electrons. The molecule has 2 aromatic carbocycles. The van der Waals surface area contributed by atoms with Gasteiger partial charge in [0.25, 0.3) is 0 Å². The second-order valence-electron chi connectivity index (χ2n) is 14.3. The zero-order valence-corrected chi connectivity index (χ0v) is 32.5. The van der Waals surface area contributed by atoms with E-state index < -0.39 is 97.1 Å². The first-order valence-electron chi connectivity index (χ1n) is 19.0. The number of aromatic hydroxyl groups is 1. The number of benzene rings is 2. The number of carbonyl (C=O) groups is 8. The van der Waals surface area contributed by atoms with Crippen molar-refractivity contribution < 1.29 is 43.5 Å². The van der Waals surface area contributed by atoms with Crippen molar-refractivity contribution in [3.63, 3.8) is 0 Å². The highest BCUT2D eigenvalue weighted by molar-refractivity contribution is 5.97. The largest absolute Gasteiger partial charge is 0.508 e. The molecule has 310 valence electrons. The molecule has 18 nitrogen and oxygen atoms in total. The number of hydrogen-bond acceptors (Lipinski definition) is 10. The number of carbonyl (C=O) groups excluding carboxylic acids is 8. The van der Waals surface area contributed by atoms with Gasteiger partial charge in [-0.15, -0.1) is 0 Å². The molecule has 0 aromatic heterocycles. The highest BCUT2D eigenvalue weighted by atomic mass is 16.3. The molecule has 3 rings (SSSR count). The Morgan fingerprint density at radius 3 is 1.72 bits per heavy atom. The monoisotopic (exact) mass is 793 g/mol. The van der Waals surface area contributed by atoms with Gasteiger partial charge in [0.05, 0.1) is 19.6 Å². The molecular formula is C39H55N9O9. The summed E-state index contributed by atoms with van der Waals surface area (Å²) < 4.78 is 0.